The van der Waals surface area contributed by atoms with Crippen molar-refractivity contribution in [2.24, 2.45) is 17.0 Å². The summed E-state index contributed by atoms with van der Waals surface area (Å²) in [5.41, 5.74) is -0.925. The van der Waals surface area contributed by atoms with Gasteiger partial charge in [0.25, 0.3) is 0 Å². The van der Waals surface area contributed by atoms with Crippen LogP contribution in [0.4, 0.5) is 39.5 Å². The molecule has 1 saturated carbocycles. The number of fused-ring (bicyclic) bond motifs is 2. The molecule has 5 nitrogen and oxygen atoms in total. The van der Waals surface area contributed by atoms with Crippen LogP contribution in [0.2, 0.25) is 0 Å². The van der Waals surface area contributed by atoms with Crippen molar-refractivity contribution >= 4 is 21.5 Å². The molecule has 0 aromatic rings. The van der Waals surface area contributed by atoms with Gasteiger partial charge in [-0.1, -0.05) is 17.3 Å². The van der Waals surface area contributed by atoms with Crippen LogP contribution in [0.3, 0.4) is 0 Å². The van der Waals surface area contributed by atoms with Gasteiger partial charge in [-0.25, -0.2) is 0 Å². The third-order valence-corrected chi connectivity index (χ3v) is 4.90. The first-order valence-electron chi connectivity index (χ1n) is 6.45. The Labute approximate surface area is 139 Å². The molecule has 26 heavy (non-hydrogen) atoms. The van der Waals surface area contributed by atoms with Gasteiger partial charge in [0, 0.05) is 11.8 Å². The van der Waals surface area contributed by atoms with Crippen molar-refractivity contribution in [2.75, 3.05) is 0 Å². The Morgan fingerprint density at radius 2 is 1.46 bits per heavy atom. The lowest BCUT2D eigenvalue weighted by molar-refractivity contribution is -0.382. The van der Waals surface area contributed by atoms with Crippen LogP contribution < -0.4 is 0 Å². The Bertz CT molecular complexity index is 785. The fourth-order valence-electron chi connectivity index (χ4n) is 2.28. The topological polar surface area (TPSA) is 79.6 Å². The molecule has 2 bridgehead atoms. The van der Waals surface area contributed by atoms with Crippen molar-refractivity contribution in [2.45, 2.75) is 29.7 Å². The summed E-state index contributed by atoms with van der Waals surface area (Å²) in [5, 5.41) is 3.12. The number of nitrogens with zero attached hydrogens (tertiary/aromatic N) is 1. The van der Waals surface area contributed by atoms with E-state index < -0.39 is 50.9 Å². The van der Waals surface area contributed by atoms with Gasteiger partial charge in [0.05, 0.1) is 5.71 Å². The van der Waals surface area contributed by atoms with Crippen molar-refractivity contribution in [1.82, 2.24) is 0 Å². The number of hydrogen-bond donors (Lipinski definition) is 1. The Balaban J connectivity index is 2.35. The van der Waals surface area contributed by atoms with E-state index in [1.54, 1.807) is 0 Å². The molecule has 1 N–H and O–H groups in total. The number of oxime groups is 1. The Kier molecular flexibility index (Phi) is 4.42. The van der Waals surface area contributed by atoms with Crippen molar-refractivity contribution in [1.29, 1.82) is 5.41 Å². The van der Waals surface area contributed by atoms with E-state index >= 15 is 0 Å². The zero-order valence-electron chi connectivity index (χ0n) is 12.0. The molecule has 0 heterocycles. The van der Waals surface area contributed by atoms with Gasteiger partial charge in [-0.3, -0.25) is 4.28 Å². The number of rotatable bonds is 5. The molecular formula is C11H7F9N2O3S. The first kappa shape index (κ1) is 20.5. The van der Waals surface area contributed by atoms with Gasteiger partial charge in [-0.2, -0.15) is 47.9 Å². The van der Waals surface area contributed by atoms with Gasteiger partial charge in [0.1, 0.15) is 5.71 Å². The van der Waals surface area contributed by atoms with E-state index in [4.69, 9.17) is 5.41 Å². The van der Waals surface area contributed by atoms with E-state index in [-0.39, 0.29) is 12.1 Å². The zero-order chi connectivity index (χ0) is 20.3. The van der Waals surface area contributed by atoms with E-state index in [0.29, 0.717) is 0 Å². The predicted molar refractivity (Wildman–Crippen MR) is 66.8 cm³/mol. The monoisotopic (exact) mass is 418 g/mol. The summed E-state index contributed by atoms with van der Waals surface area (Å²) in [6, 6.07) is 0. The van der Waals surface area contributed by atoms with Crippen LogP contribution >= 0.6 is 0 Å². The second-order valence-electron chi connectivity index (χ2n) is 5.42. The molecule has 0 aliphatic heterocycles. The fraction of sp³-hybridized carbons (Fsp3) is 0.636. The van der Waals surface area contributed by atoms with Gasteiger partial charge in [0.15, 0.2) is 0 Å². The molecule has 0 aromatic carbocycles. The molecule has 2 unspecified atom stereocenters. The molecule has 2 rings (SSSR count). The van der Waals surface area contributed by atoms with Crippen molar-refractivity contribution in [3.05, 3.63) is 12.2 Å². The minimum atomic E-state index is -7.39. The van der Waals surface area contributed by atoms with Gasteiger partial charge in [-0.15, -0.1) is 0 Å². The molecule has 2 aliphatic rings. The highest BCUT2D eigenvalue weighted by molar-refractivity contribution is 7.87. The largest absolute Gasteiger partial charge is 0.460 e. The summed E-state index contributed by atoms with van der Waals surface area (Å²) in [7, 11) is -7.06. The highest BCUT2D eigenvalue weighted by atomic mass is 32.2. The number of alkyl halides is 9. The molecule has 0 saturated heterocycles. The third-order valence-electron chi connectivity index (χ3n) is 3.75. The molecule has 2 atom stereocenters. The molecule has 0 spiro atoms. The van der Waals surface area contributed by atoms with E-state index in [1.165, 1.54) is 12.2 Å². The maximum Gasteiger partial charge on any atom is 0.460 e. The second-order valence-corrected chi connectivity index (χ2v) is 6.99. The van der Waals surface area contributed by atoms with Crippen LogP contribution in [0.15, 0.2) is 17.3 Å². The summed E-state index contributed by atoms with van der Waals surface area (Å²) in [4.78, 5) is 0. The van der Waals surface area contributed by atoms with E-state index in [9.17, 15) is 47.9 Å². The molecule has 2 aliphatic carbocycles. The Morgan fingerprint density at radius 1 is 0.962 bits per heavy atom. The lowest BCUT2D eigenvalue weighted by atomic mass is 10.0. The quantitative estimate of drug-likeness (QED) is 0.423. The molecule has 1 fully saturated rings. The fourth-order valence-corrected chi connectivity index (χ4v) is 2.99. The Hall–Kier alpha value is -1.80. The van der Waals surface area contributed by atoms with Gasteiger partial charge in [-0.05, 0) is 6.42 Å². The number of hydrogen-bond acceptors (Lipinski definition) is 5. The zero-order valence-corrected chi connectivity index (χ0v) is 12.8. The van der Waals surface area contributed by atoms with Gasteiger partial charge < -0.3 is 5.41 Å². The summed E-state index contributed by atoms with van der Waals surface area (Å²) in [5.74, 6) is -16.1. The van der Waals surface area contributed by atoms with Crippen LogP contribution in [0.25, 0.3) is 0 Å². The third kappa shape index (κ3) is 2.66. The smallest absolute Gasteiger partial charge is 0.303 e. The first-order valence-corrected chi connectivity index (χ1v) is 7.86. The summed E-state index contributed by atoms with van der Waals surface area (Å²) < 4.78 is 140. The standard InChI is InChI=1S/C11H7F9N2O3S/c12-8(13,10(16,17)18)9(14,15)11(19,20)26(23,24)25-22-7-5-2-1-4(3-5)6(7)21/h1-2,4-5,21H,3H2/b21-6?,22-7-. The molecule has 0 amide bonds. The average molecular weight is 418 g/mol. The Morgan fingerprint density at radius 3 is 1.88 bits per heavy atom. The maximum absolute atomic E-state index is 13.4. The van der Waals surface area contributed by atoms with Crippen molar-refractivity contribution in [3.8, 4) is 0 Å². The van der Waals surface area contributed by atoms with Crippen molar-refractivity contribution in [3.63, 3.8) is 0 Å². The molecule has 0 radical (unpaired) electrons. The van der Waals surface area contributed by atoms with Crippen LogP contribution in [-0.4, -0.2) is 43.1 Å². The minimum Gasteiger partial charge on any atom is -0.303 e. The van der Waals surface area contributed by atoms with Crippen LogP contribution in [0.1, 0.15) is 6.42 Å². The van der Waals surface area contributed by atoms with Crippen LogP contribution in [0, 0.1) is 17.2 Å². The van der Waals surface area contributed by atoms with Crippen LogP contribution in [-0.2, 0) is 14.4 Å². The lowest BCUT2D eigenvalue weighted by Gasteiger charge is -2.31. The normalized spacial score (nSPS) is 26.0. The maximum atomic E-state index is 13.4. The van der Waals surface area contributed by atoms with Crippen LogP contribution in [0.5, 0.6) is 0 Å². The number of allylic oxidation sites excluding steroid dienone is 2. The predicted octanol–water partition coefficient (Wildman–Crippen LogP) is 3.34. The second kappa shape index (κ2) is 5.60. The highest BCUT2D eigenvalue weighted by Crippen LogP contribution is 2.55. The first-order chi connectivity index (χ1) is 11.5. The SMILES string of the molecule is N=C1/C(=N\OS(=O)(=O)C(F)(F)C(F)(F)C(F)(F)C(F)(F)F)C2C=CC1C2. The number of halogens is 9. The van der Waals surface area contributed by atoms with E-state index in [2.05, 4.69) is 9.44 Å². The minimum absolute atomic E-state index is 0.194. The summed E-state index contributed by atoms with van der Waals surface area (Å²) in [6.45, 7) is 0. The lowest BCUT2D eigenvalue weighted by Crippen LogP contribution is -2.63. The van der Waals surface area contributed by atoms with Crippen molar-refractivity contribution < 1.29 is 52.2 Å². The van der Waals surface area contributed by atoms with E-state index in [0.717, 1.165) is 0 Å². The highest BCUT2D eigenvalue weighted by Gasteiger charge is 2.86. The van der Waals surface area contributed by atoms with Gasteiger partial charge in [0.2, 0.25) is 0 Å². The van der Waals surface area contributed by atoms with Gasteiger partial charge >= 0.3 is 33.4 Å². The average Bonchev–Trinajstić information content (AvgIpc) is 3.05. The molecule has 15 heteroatoms. The molecule has 0 aromatic heterocycles. The number of nitrogens with one attached hydrogen (secondary N) is 1. The summed E-state index contributed by atoms with van der Waals surface area (Å²) >= 11 is 0. The molecule has 148 valence electrons. The van der Waals surface area contributed by atoms with E-state index in [1.807, 2.05) is 0 Å². The summed E-state index contributed by atoms with van der Waals surface area (Å²) in [6.07, 6.45) is -4.10. The molecular weight excluding hydrogens is 411 g/mol.